The number of halogens is 1. The zero-order valence-electron chi connectivity index (χ0n) is 10.7. The van der Waals surface area contributed by atoms with Crippen LogP contribution in [0.1, 0.15) is 33.0 Å². The largest absolute Gasteiger partial charge is 0.376 e. The molecule has 0 spiro atoms. The zero-order valence-corrected chi connectivity index (χ0v) is 12.4. The minimum atomic E-state index is 0. The number of rotatable bonds is 2. The van der Waals surface area contributed by atoms with E-state index in [4.69, 9.17) is 4.74 Å². The van der Waals surface area contributed by atoms with E-state index in [1.54, 1.807) is 11.3 Å². The summed E-state index contributed by atoms with van der Waals surface area (Å²) < 4.78 is 5.40. The second-order valence-corrected chi connectivity index (χ2v) is 6.02. The summed E-state index contributed by atoms with van der Waals surface area (Å²) in [7, 11) is 0. The van der Waals surface area contributed by atoms with Gasteiger partial charge in [-0.05, 0) is 31.0 Å². The fourth-order valence-electron chi connectivity index (χ4n) is 2.49. The zero-order chi connectivity index (χ0) is 12.4. The Bertz CT molecular complexity index is 420. The van der Waals surface area contributed by atoms with Crippen LogP contribution in [-0.4, -0.2) is 31.6 Å². The van der Waals surface area contributed by atoms with Crippen molar-refractivity contribution in [2.45, 2.75) is 31.9 Å². The fourth-order valence-corrected chi connectivity index (χ4v) is 3.54. The van der Waals surface area contributed by atoms with Gasteiger partial charge in [-0.15, -0.1) is 23.7 Å². The van der Waals surface area contributed by atoms with E-state index in [0.717, 1.165) is 43.8 Å². The van der Waals surface area contributed by atoms with Crippen LogP contribution in [-0.2, 0) is 17.8 Å². The first kappa shape index (κ1) is 14.8. The van der Waals surface area contributed by atoms with Crippen LogP contribution in [0.4, 0.5) is 0 Å². The number of carbonyl (C=O) groups excluding carboxylic acids is 1. The molecule has 0 aromatic carbocycles. The molecule has 3 rings (SSSR count). The average molecular weight is 303 g/mol. The number of carbonyl (C=O) groups is 1. The second-order valence-electron chi connectivity index (χ2n) is 4.88. The van der Waals surface area contributed by atoms with Crippen LogP contribution in [0.25, 0.3) is 0 Å². The van der Waals surface area contributed by atoms with Crippen LogP contribution in [0.15, 0.2) is 6.07 Å². The van der Waals surface area contributed by atoms with Gasteiger partial charge < -0.3 is 15.4 Å². The van der Waals surface area contributed by atoms with Crippen LogP contribution in [0.2, 0.25) is 0 Å². The maximum atomic E-state index is 12.2. The molecule has 2 aliphatic rings. The monoisotopic (exact) mass is 302 g/mol. The minimum Gasteiger partial charge on any atom is -0.376 e. The molecule has 19 heavy (non-hydrogen) atoms. The number of hydrogen-bond donors (Lipinski definition) is 2. The van der Waals surface area contributed by atoms with Crippen LogP contribution in [0.3, 0.4) is 0 Å². The van der Waals surface area contributed by atoms with Crippen molar-refractivity contribution in [2.24, 2.45) is 0 Å². The number of piperidine rings is 1. The van der Waals surface area contributed by atoms with Gasteiger partial charge in [-0.3, -0.25) is 4.79 Å². The van der Waals surface area contributed by atoms with E-state index in [0.29, 0.717) is 6.61 Å². The fraction of sp³-hybridized carbons (Fsp3) is 0.615. The van der Waals surface area contributed by atoms with E-state index in [9.17, 15) is 4.79 Å². The lowest BCUT2D eigenvalue weighted by molar-refractivity contribution is 0.0934. The standard InChI is InChI=1S/C13H18N2O2S.ClH/c16-13(15-10-2-1-4-14-7-10)12-6-9-8-17-5-3-11(9)18-12;/h6,10,14H,1-5,7-8H2,(H,15,16);1H/t10-;/m0./s1. The first-order valence-electron chi connectivity index (χ1n) is 6.54. The van der Waals surface area contributed by atoms with E-state index in [1.165, 1.54) is 10.4 Å². The summed E-state index contributed by atoms with van der Waals surface area (Å²) in [6, 6.07) is 2.27. The van der Waals surface area contributed by atoms with Gasteiger partial charge in [-0.25, -0.2) is 0 Å². The molecule has 1 amide bonds. The topological polar surface area (TPSA) is 50.4 Å². The van der Waals surface area contributed by atoms with Gasteiger partial charge in [0.2, 0.25) is 0 Å². The quantitative estimate of drug-likeness (QED) is 0.875. The summed E-state index contributed by atoms with van der Waals surface area (Å²) in [5, 5.41) is 6.42. The van der Waals surface area contributed by atoms with Crippen molar-refractivity contribution >= 4 is 29.7 Å². The number of nitrogens with one attached hydrogen (secondary N) is 2. The lowest BCUT2D eigenvalue weighted by Gasteiger charge is -2.23. The van der Waals surface area contributed by atoms with E-state index in [-0.39, 0.29) is 24.4 Å². The van der Waals surface area contributed by atoms with Crippen molar-refractivity contribution in [3.63, 3.8) is 0 Å². The lowest BCUT2D eigenvalue weighted by atomic mass is 10.1. The number of hydrogen-bond acceptors (Lipinski definition) is 4. The first-order valence-corrected chi connectivity index (χ1v) is 7.35. The van der Waals surface area contributed by atoms with E-state index in [2.05, 4.69) is 10.6 Å². The van der Waals surface area contributed by atoms with Crippen molar-refractivity contribution in [1.82, 2.24) is 10.6 Å². The summed E-state index contributed by atoms with van der Waals surface area (Å²) in [6.45, 7) is 3.39. The summed E-state index contributed by atoms with van der Waals surface area (Å²) >= 11 is 1.62. The maximum Gasteiger partial charge on any atom is 0.261 e. The summed E-state index contributed by atoms with van der Waals surface area (Å²) in [4.78, 5) is 14.3. The summed E-state index contributed by atoms with van der Waals surface area (Å²) in [5.41, 5.74) is 1.19. The Morgan fingerprint density at radius 3 is 3.16 bits per heavy atom. The Kier molecular flexibility index (Phi) is 5.21. The highest BCUT2D eigenvalue weighted by atomic mass is 35.5. The molecular weight excluding hydrogens is 284 g/mol. The SMILES string of the molecule is Cl.O=C(N[C@H]1CCCNC1)c1cc2c(s1)CCOC2. The molecule has 0 bridgehead atoms. The van der Waals surface area contributed by atoms with E-state index in [1.807, 2.05) is 6.07 Å². The van der Waals surface area contributed by atoms with Crippen LogP contribution in [0.5, 0.6) is 0 Å². The third kappa shape index (κ3) is 3.48. The molecule has 1 atom stereocenters. The van der Waals surface area contributed by atoms with Gasteiger partial charge in [0.1, 0.15) is 0 Å². The van der Waals surface area contributed by atoms with Crippen molar-refractivity contribution < 1.29 is 9.53 Å². The van der Waals surface area contributed by atoms with Gasteiger partial charge in [-0.1, -0.05) is 0 Å². The van der Waals surface area contributed by atoms with Gasteiger partial charge in [0.15, 0.2) is 0 Å². The average Bonchev–Trinajstić information content (AvgIpc) is 2.84. The number of thiophene rings is 1. The molecule has 1 saturated heterocycles. The Hall–Kier alpha value is -0.620. The molecule has 2 aliphatic heterocycles. The third-order valence-electron chi connectivity index (χ3n) is 3.48. The molecule has 1 aromatic rings. The molecular formula is C13H19ClN2O2S. The molecule has 1 aromatic heterocycles. The van der Waals surface area contributed by atoms with E-state index < -0.39 is 0 Å². The number of ether oxygens (including phenoxy) is 1. The van der Waals surface area contributed by atoms with Crippen LogP contribution < -0.4 is 10.6 Å². The smallest absolute Gasteiger partial charge is 0.261 e. The third-order valence-corrected chi connectivity index (χ3v) is 4.72. The van der Waals surface area contributed by atoms with Gasteiger partial charge >= 0.3 is 0 Å². The molecule has 2 N–H and O–H groups in total. The normalized spacial score (nSPS) is 22.2. The van der Waals surface area contributed by atoms with Gasteiger partial charge in [0.25, 0.3) is 5.91 Å². The van der Waals surface area contributed by atoms with Crippen molar-refractivity contribution in [1.29, 1.82) is 0 Å². The van der Waals surface area contributed by atoms with Crippen molar-refractivity contribution in [3.8, 4) is 0 Å². The predicted octanol–water partition coefficient (Wildman–Crippen LogP) is 1.72. The van der Waals surface area contributed by atoms with Crippen LogP contribution >= 0.6 is 23.7 Å². The molecule has 6 heteroatoms. The molecule has 0 unspecified atom stereocenters. The highest BCUT2D eigenvalue weighted by Crippen LogP contribution is 2.27. The van der Waals surface area contributed by atoms with Gasteiger partial charge in [-0.2, -0.15) is 0 Å². The van der Waals surface area contributed by atoms with Crippen molar-refractivity contribution in [3.05, 3.63) is 21.4 Å². The van der Waals surface area contributed by atoms with Crippen molar-refractivity contribution in [2.75, 3.05) is 19.7 Å². The minimum absolute atomic E-state index is 0. The second kappa shape index (κ2) is 6.70. The molecule has 4 nitrogen and oxygen atoms in total. The predicted molar refractivity (Wildman–Crippen MR) is 78.3 cm³/mol. The molecule has 1 fully saturated rings. The number of amides is 1. The van der Waals surface area contributed by atoms with Gasteiger partial charge in [0.05, 0.1) is 18.1 Å². The highest BCUT2D eigenvalue weighted by Gasteiger charge is 2.20. The molecule has 0 radical (unpaired) electrons. The Morgan fingerprint density at radius 2 is 2.42 bits per heavy atom. The lowest BCUT2D eigenvalue weighted by Crippen LogP contribution is -2.45. The highest BCUT2D eigenvalue weighted by molar-refractivity contribution is 7.14. The Labute approximate surface area is 123 Å². The molecule has 0 saturated carbocycles. The summed E-state index contributed by atoms with van der Waals surface area (Å²) in [5.74, 6) is 0.0723. The maximum absolute atomic E-state index is 12.2. The van der Waals surface area contributed by atoms with Gasteiger partial charge in [0, 0.05) is 23.9 Å². The molecule has 106 valence electrons. The first-order chi connectivity index (χ1) is 8.83. The van der Waals surface area contributed by atoms with E-state index >= 15 is 0 Å². The molecule has 0 aliphatic carbocycles. The van der Waals surface area contributed by atoms with Crippen LogP contribution in [0, 0.1) is 0 Å². The molecule has 3 heterocycles. The Balaban J connectivity index is 0.00000133. The number of fused-ring (bicyclic) bond motifs is 1. The Morgan fingerprint density at radius 1 is 1.53 bits per heavy atom. The summed E-state index contributed by atoms with van der Waals surface area (Å²) in [6.07, 6.45) is 3.16.